The molecule has 7 heteroatoms. The summed E-state index contributed by atoms with van der Waals surface area (Å²) >= 11 is 0. The van der Waals surface area contributed by atoms with Crippen molar-refractivity contribution in [2.45, 2.75) is 12.5 Å². The molecule has 3 rings (SSSR count). The fourth-order valence-corrected chi connectivity index (χ4v) is 2.76. The van der Waals surface area contributed by atoms with E-state index in [-0.39, 0.29) is 23.9 Å². The Bertz CT molecular complexity index is 789. The topological polar surface area (TPSA) is 83.8 Å². The first-order valence-electron chi connectivity index (χ1n) is 7.38. The number of imide groups is 1. The van der Waals surface area contributed by atoms with Crippen LogP contribution in [0.1, 0.15) is 6.42 Å². The van der Waals surface area contributed by atoms with Crippen molar-refractivity contribution in [3.05, 3.63) is 64.7 Å². The first-order chi connectivity index (χ1) is 11.5. The monoisotopic (exact) mass is 325 g/mol. The van der Waals surface area contributed by atoms with Gasteiger partial charge in [0.25, 0.3) is 11.6 Å². The van der Waals surface area contributed by atoms with Gasteiger partial charge in [0.05, 0.1) is 17.0 Å². The highest BCUT2D eigenvalue weighted by molar-refractivity contribution is 6.23. The predicted octanol–water partition coefficient (Wildman–Crippen LogP) is 2.36. The Kier molecular flexibility index (Phi) is 3.99. The molecule has 0 bridgehead atoms. The summed E-state index contributed by atoms with van der Waals surface area (Å²) in [6, 6.07) is 14.1. The molecule has 2 aromatic carbocycles. The molecule has 24 heavy (non-hydrogen) atoms. The zero-order valence-electron chi connectivity index (χ0n) is 13.0. The van der Waals surface area contributed by atoms with Crippen LogP contribution in [0.2, 0.25) is 0 Å². The van der Waals surface area contributed by atoms with Gasteiger partial charge in [-0.05, 0) is 24.3 Å². The summed E-state index contributed by atoms with van der Waals surface area (Å²) in [6.45, 7) is 0. The Balaban J connectivity index is 1.85. The summed E-state index contributed by atoms with van der Waals surface area (Å²) in [5.41, 5.74) is 1.10. The van der Waals surface area contributed by atoms with Crippen molar-refractivity contribution in [2.75, 3.05) is 16.8 Å². The number of hydrogen-bond donors (Lipinski definition) is 0. The highest BCUT2D eigenvalue weighted by Crippen LogP contribution is 2.28. The van der Waals surface area contributed by atoms with Crippen LogP contribution in [0.4, 0.5) is 17.1 Å². The number of nitrogens with zero attached hydrogens (tertiary/aromatic N) is 3. The molecule has 0 N–H and O–H groups in total. The molecule has 1 atom stereocenters. The second-order valence-corrected chi connectivity index (χ2v) is 5.51. The Morgan fingerprint density at radius 3 is 2.29 bits per heavy atom. The molecule has 1 saturated heterocycles. The summed E-state index contributed by atoms with van der Waals surface area (Å²) in [4.78, 5) is 38.0. The number of rotatable bonds is 4. The van der Waals surface area contributed by atoms with Crippen LogP contribution in [-0.2, 0) is 9.59 Å². The number of hydrogen-bond acceptors (Lipinski definition) is 5. The lowest BCUT2D eigenvalue weighted by Crippen LogP contribution is -2.40. The van der Waals surface area contributed by atoms with Gasteiger partial charge in [0, 0.05) is 24.9 Å². The van der Waals surface area contributed by atoms with E-state index in [1.54, 1.807) is 11.9 Å². The number of carbonyl (C=O) groups is 2. The third-order valence-electron chi connectivity index (χ3n) is 4.07. The molecule has 0 spiro atoms. The maximum atomic E-state index is 12.7. The van der Waals surface area contributed by atoms with E-state index in [9.17, 15) is 19.7 Å². The molecule has 1 unspecified atom stereocenters. The molecular formula is C17H15N3O4. The average molecular weight is 325 g/mol. The van der Waals surface area contributed by atoms with Crippen LogP contribution in [-0.4, -0.2) is 29.8 Å². The van der Waals surface area contributed by atoms with Crippen molar-refractivity contribution in [1.29, 1.82) is 0 Å². The molecule has 1 aliphatic rings. The second kappa shape index (κ2) is 6.11. The van der Waals surface area contributed by atoms with Crippen molar-refractivity contribution in [3.63, 3.8) is 0 Å². The number of anilines is 2. The normalized spacial score (nSPS) is 17.2. The van der Waals surface area contributed by atoms with Gasteiger partial charge >= 0.3 is 0 Å². The summed E-state index contributed by atoms with van der Waals surface area (Å²) in [6.07, 6.45) is 0.0706. The summed E-state index contributed by atoms with van der Waals surface area (Å²) in [7, 11) is 1.77. The van der Waals surface area contributed by atoms with Gasteiger partial charge in [0.15, 0.2) is 0 Å². The van der Waals surface area contributed by atoms with E-state index >= 15 is 0 Å². The fourth-order valence-electron chi connectivity index (χ4n) is 2.76. The predicted molar refractivity (Wildman–Crippen MR) is 88.8 cm³/mol. The van der Waals surface area contributed by atoms with Gasteiger partial charge in [-0.2, -0.15) is 0 Å². The second-order valence-electron chi connectivity index (χ2n) is 5.51. The van der Waals surface area contributed by atoms with E-state index in [1.165, 1.54) is 24.3 Å². The van der Waals surface area contributed by atoms with Gasteiger partial charge in [-0.25, -0.2) is 4.90 Å². The molecular weight excluding hydrogens is 310 g/mol. The molecule has 1 heterocycles. The van der Waals surface area contributed by atoms with E-state index in [2.05, 4.69) is 0 Å². The largest absolute Gasteiger partial charge is 0.362 e. The molecule has 0 radical (unpaired) electrons. The number of amides is 2. The molecule has 1 aliphatic heterocycles. The Morgan fingerprint density at radius 2 is 1.71 bits per heavy atom. The number of carbonyl (C=O) groups excluding carboxylic acids is 2. The highest BCUT2D eigenvalue weighted by atomic mass is 16.6. The maximum absolute atomic E-state index is 12.7. The molecule has 2 aromatic rings. The minimum Gasteiger partial charge on any atom is -0.362 e. The standard InChI is InChI=1S/C17H15N3O4/c1-18(12-5-3-2-4-6-12)15-11-16(21)19(17(15)22)13-7-9-14(10-8-13)20(23)24/h2-10,15H,11H2,1H3. The maximum Gasteiger partial charge on any atom is 0.269 e. The number of para-hydroxylation sites is 1. The Hall–Kier alpha value is -3.22. The number of nitro benzene ring substituents is 1. The van der Waals surface area contributed by atoms with Crippen LogP contribution >= 0.6 is 0 Å². The first-order valence-corrected chi connectivity index (χ1v) is 7.38. The van der Waals surface area contributed by atoms with E-state index in [4.69, 9.17) is 0 Å². The van der Waals surface area contributed by atoms with Gasteiger partial charge in [0.1, 0.15) is 6.04 Å². The van der Waals surface area contributed by atoms with Gasteiger partial charge < -0.3 is 4.90 Å². The van der Waals surface area contributed by atoms with Crippen LogP contribution in [0.15, 0.2) is 54.6 Å². The molecule has 0 saturated carbocycles. The van der Waals surface area contributed by atoms with Gasteiger partial charge in [0.2, 0.25) is 5.91 Å². The van der Waals surface area contributed by atoms with Crippen molar-refractivity contribution < 1.29 is 14.5 Å². The molecule has 122 valence electrons. The van der Waals surface area contributed by atoms with Gasteiger partial charge in [-0.3, -0.25) is 19.7 Å². The summed E-state index contributed by atoms with van der Waals surface area (Å²) < 4.78 is 0. The molecule has 0 aromatic heterocycles. The fraction of sp³-hybridized carbons (Fsp3) is 0.176. The average Bonchev–Trinajstić information content (AvgIpc) is 2.89. The first kappa shape index (κ1) is 15.7. The number of benzene rings is 2. The highest BCUT2D eigenvalue weighted by Gasteiger charge is 2.41. The zero-order valence-corrected chi connectivity index (χ0v) is 13.0. The summed E-state index contributed by atoms with van der Waals surface area (Å²) in [5.74, 6) is -0.651. The van der Waals surface area contributed by atoms with Crippen LogP contribution in [0.3, 0.4) is 0 Å². The molecule has 0 aliphatic carbocycles. The minimum absolute atomic E-state index is 0.0706. The molecule has 1 fully saturated rings. The zero-order chi connectivity index (χ0) is 17.3. The van der Waals surface area contributed by atoms with Crippen molar-refractivity contribution in [1.82, 2.24) is 0 Å². The minimum atomic E-state index is -0.588. The van der Waals surface area contributed by atoms with Crippen LogP contribution in [0.25, 0.3) is 0 Å². The van der Waals surface area contributed by atoms with E-state index in [0.29, 0.717) is 5.69 Å². The Labute approximate surface area is 138 Å². The lowest BCUT2D eigenvalue weighted by atomic mass is 10.2. The van der Waals surface area contributed by atoms with Crippen molar-refractivity contribution >= 4 is 28.9 Å². The van der Waals surface area contributed by atoms with Crippen LogP contribution in [0, 0.1) is 10.1 Å². The number of likely N-dealkylation sites (N-methyl/N-ethyl adjacent to an activating group) is 1. The van der Waals surface area contributed by atoms with Crippen molar-refractivity contribution in [2.24, 2.45) is 0 Å². The number of nitro groups is 1. The third-order valence-corrected chi connectivity index (χ3v) is 4.07. The molecule has 2 amide bonds. The van der Waals surface area contributed by atoms with Crippen LogP contribution < -0.4 is 9.80 Å². The lowest BCUT2D eigenvalue weighted by Gasteiger charge is -2.25. The third kappa shape index (κ3) is 2.71. The van der Waals surface area contributed by atoms with Crippen LogP contribution in [0.5, 0.6) is 0 Å². The van der Waals surface area contributed by atoms with E-state index < -0.39 is 11.0 Å². The lowest BCUT2D eigenvalue weighted by molar-refractivity contribution is -0.384. The number of non-ortho nitro benzene ring substituents is 1. The van der Waals surface area contributed by atoms with Crippen molar-refractivity contribution in [3.8, 4) is 0 Å². The Morgan fingerprint density at radius 1 is 1.08 bits per heavy atom. The van der Waals surface area contributed by atoms with E-state index in [0.717, 1.165) is 10.6 Å². The summed E-state index contributed by atoms with van der Waals surface area (Å²) in [5, 5.41) is 10.7. The van der Waals surface area contributed by atoms with E-state index in [1.807, 2.05) is 30.3 Å². The SMILES string of the molecule is CN(c1ccccc1)C1CC(=O)N(c2ccc([N+](=O)[O-])cc2)C1=O. The molecule has 7 nitrogen and oxygen atoms in total. The van der Waals surface area contributed by atoms with Gasteiger partial charge in [-0.15, -0.1) is 0 Å². The van der Waals surface area contributed by atoms with Gasteiger partial charge in [-0.1, -0.05) is 18.2 Å². The quantitative estimate of drug-likeness (QED) is 0.489. The smallest absolute Gasteiger partial charge is 0.269 e.